The standard InChI is InChI=1S/C13H26N2O2/c1-10(2)6-8-17-11(3)13(16)15(4)12-5-7-14-9-12/h10-12,14H,5-9H2,1-4H3. The molecule has 1 heterocycles. The minimum absolute atomic E-state index is 0.0995. The van der Waals surface area contributed by atoms with Crippen molar-refractivity contribution in [2.75, 3.05) is 26.7 Å². The molecule has 0 aliphatic carbocycles. The van der Waals surface area contributed by atoms with Crippen LogP contribution in [0.3, 0.4) is 0 Å². The Hall–Kier alpha value is -0.610. The van der Waals surface area contributed by atoms with Crippen molar-refractivity contribution in [3.8, 4) is 0 Å². The second kappa shape index (κ2) is 6.97. The summed E-state index contributed by atoms with van der Waals surface area (Å²) in [5, 5.41) is 3.27. The zero-order chi connectivity index (χ0) is 12.8. The molecule has 0 aromatic heterocycles. The summed E-state index contributed by atoms with van der Waals surface area (Å²) in [4.78, 5) is 13.9. The van der Waals surface area contributed by atoms with E-state index in [1.54, 1.807) is 0 Å². The van der Waals surface area contributed by atoms with Crippen molar-refractivity contribution >= 4 is 5.91 Å². The average Bonchev–Trinajstić information content (AvgIpc) is 2.79. The van der Waals surface area contributed by atoms with Gasteiger partial charge in [-0.2, -0.15) is 0 Å². The van der Waals surface area contributed by atoms with Crippen molar-refractivity contribution in [3.63, 3.8) is 0 Å². The molecule has 1 saturated heterocycles. The third kappa shape index (κ3) is 4.64. The van der Waals surface area contributed by atoms with Gasteiger partial charge in [-0.25, -0.2) is 0 Å². The zero-order valence-corrected chi connectivity index (χ0v) is 11.5. The SMILES string of the molecule is CC(C)CCOC(C)C(=O)N(C)C1CCNC1. The second-order valence-electron chi connectivity index (χ2n) is 5.29. The molecule has 17 heavy (non-hydrogen) atoms. The van der Waals surface area contributed by atoms with E-state index < -0.39 is 0 Å². The van der Waals surface area contributed by atoms with Gasteiger partial charge in [0.2, 0.25) is 0 Å². The molecule has 0 bridgehead atoms. The Morgan fingerprint density at radius 1 is 1.47 bits per heavy atom. The smallest absolute Gasteiger partial charge is 0.251 e. The highest BCUT2D eigenvalue weighted by Gasteiger charge is 2.26. The molecule has 1 rings (SSSR count). The topological polar surface area (TPSA) is 41.6 Å². The molecule has 1 aliphatic rings. The van der Waals surface area contributed by atoms with E-state index in [9.17, 15) is 4.79 Å². The molecule has 1 N–H and O–H groups in total. The van der Waals surface area contributed by atoms with Crippen molar-refractivity contribution in [1.82, 2.24) is 10.2 Å². The minimum Gasteiger partial charge on any atom is -0.369 e. The maximum Gasteiger partial charge on any atom is 0.251 e. The molecule has 0 radical (unpaired) electrons. The Morgan fingerprint density at radius 3 is 2.71 bits per heavy atom. The molecule has 1 aliphatic heterocycles. The van der Waals surface area contributed by atoms with Crippen LogP contribution in [0.2, 0.25) is 0 Å². The monoisotopic (exact) mass is 242 g/mol. The van der Waals surface area contributed by atoms with Gasteiger partial charge < -0.3 is 15.0 Å². The van der Waals surface area contributed by atoms with Crippen LogP contribution in [0, 0.1) is 5.92 Å². The molecule has 2 atom stereocenters. The lowest BCUT2D eigenvalue weighted by atomic mass is 10.1. The van der Waals surface area contributed by atoms with Crippen LogP contribution in [0.5, 0.6) is 0 Å². The summed E-state index contributed by atoms with van der Waals surface area (Å²) in [6.45, 7) is 8.74. The van der Waals surface area contributed by atoms with Gasteiger partial charge in [0.25, 0.3) is 5.91 Å². The predicted octanol–water partition coefficient (Wildman–Crippen LogP) is 1.26. The summed E-state index contributed by atoms with van der Waals surface area (Å²) in [5.74, 6) is 0.719. The molecule has 2 unspecified atom stereocenters. The maximum atomic E-state index is 12.1. The van der Waals surface area contributed by atoms with Crippen molar-refractivity contribution in [1.29, 1.82) is 0 Å². The molecular weight excluding hydrogens is 216 g/mol. The highest BCUT2D eigenvalue weighted by molar-refractivity contribution is 5.80. The van der Waals surface area contributed by atoms with E-state index in [-0.39, 0.29) is 12.0 Å². The number of carbonyl (C=O) groups is 1. The molecule has 0 aromatic carbocycles. The van der Waals surface area contributed by atoms with Crippen LogP contribution >= 0.6 is 0 Å². The van der Waals surface area contributed by atoms with Crippen LogP contribution in [0.4, 0.5) is 0 Å². The van der Waals surface area contributed by atoms with Crippen LogP contribution in [0.25, 0.3) is 0 Å². The van der Waals surface area contributed by atoms with E-state index in [4.69, 9.17) is 4.74 Å². The maximum absolute atomic E-state index is 12.1. The number of nitrogens with zero attached hydrogens (tertiary/aromatic N) is 1. The van der Waals surface area contributed by atoms with Crippen LogP contribution < -0.4 is 5.32 Å². The van der Waals surface area contributed by atoms with Crippen LogP contribution in [-0.2, 0) is 9.53 Å². The first-order valence-corrected chi connectivity index (χ1v) is 6.61. The van der Waals surface area contributed by atoms with Crippen molar-refractivity contribution < 1.29 is 9.53 Å². The van der Waals surface area contributed by atoms with E-state index in [2.05, 4.69) is 19.2 Å². The first-order valence-electron chi connectivity index (χ1n) is 6.61. The number of nitrogens with one attached hydrogen (secondary N) is 1. The number of rotatable bonds is 6. The fourth-order valence-electron chi connectivity index (χ4n) is 1.99. The number of hydrogen-bond acceptors (Lipinski definition) is 3. The van der Waals surface area contributed by atoms with Gasteiger partial charge in [0.05, 0.1) is 0 Å². The van der Waals surface area contributed by atoms with Gasteiger partial charge in [-0.3, -0.25) is 4.79 Å². The van der Waals surface area contributed by atoms with Gasteiger partial charge in [-0.05, 0) is 32.2 Å². The summed E-state index contributed by atoms with van der Waals surface area (Å²) < 4.78 is 5.58. The molecule has 4 nitrogen and oxygen atoms in total. The first-order chi connectivity index (χ1) is 8.02. The minimum atomic E-state index is -0.320. The van der Waals surface area contributed by atoms with Crippen LogP contribution in [0.1, 0.15) is 33.6 Å². The fraction of sp³-hybridized carbons (Fsp3) is 0.923. The highest BCUT2D eigenvalue weighted by atomic mass is 16.5. The van der Waals surface area contributed by atoms with Crippen molar-refractivity contribution in [2.45, 2.75) is 45.8 Å². The van der Waals surface area contributed by atoms with Gasteiger partial charge in [0.15, 0.2) is 0 Å². The lowest BCUT2D eigenvalue weighted by Crippen LogP contribution is -2.44. The lowest BCUT2D eigenvalue weighted by molar-refractivity contribution is -0.143. The molecule has 0 aromatic rings. The van der Waals surface area contributed by atoms with Gasteiger partial charge in [-0.1, -0.05) is 13.8 Å². The molecule has 100 valence electrons. The molecule has 0 saturated carbocycles. The van der Waals surface area contributed by atoms with Crippen molar-refractivity contribution in [3.05, 3.63) is 0 Å². The van der Waals surface area contributed by atoms with Gasteiger partial charge in [-0.15, -0.1) is 0 Å². The van der Waals surface area contributed by atoms with E-state index in [1.165, 1.54) is 0 Å². The Balaban J connectivity index is 2.29. The first kappa shape index (κ1) is 14.5. The molecular formula is C13H26N2O2. The molecule has 4 heteroatoms. The number of hydrogen-bond donors (Lipinski definition) is 1. The quantitative estimate of drug-likeness (QED) is 0.762. The number of carbonyl (C=O) groups excluding carboxylic acids is 1. The number of ether oxygens (including phenoxy) is 1. The molecule has 1 fully saturated rings. The summed E-state index contributed by atoms with van der Waals surface area (Å²) in [6.07, 6.45) is 1.73. The Labute approximate surface area is 105 Å². The normalized spacial score (nSPS) is 21.8. The van der Waals surface area contributed by atoms with E-state index in [1.807, 2.05) is 18.9 Å². The molecule has 1 amide bonds. The predicted molar refractivity (Wildman–Crippen MR) is 68.9 cm³/mol. The average molecular weight is 242 g/mol. The molecule has 0 spiro atoms. The summed E-state index contributed by atoms with van der Waals surface area (Å²) in [6, 6.07) is 0.332. The number of amides is 1. The zero-order valence-electron chi connectivity index (χ0n) is 11.5. The van der Waals surface area contributed by atoms with E-state index in [0.29, 0.717) is 18.6 Å². The second-order valence-corrected chi connectivity index (χ2v) is 5.29. The van der Waals surface area contributed by atoms with Gasteiger partial charge >= 0.3 is 0 Å². The summed E-state index contributed by atoms with van der Waals surface area (Å²) >= 11 is 0. The Bertz CT molecular complexity index is 238. The van der Waals surface area contributed by atoms with E-state index >= 15 is 0 Å². The largest absolute Gasteiger partial charge is 0.369 e. The van der Waals surface area contributed by atoms with E-state index in [0.717, 1.165) is 25.9 Å². The fourth-order valence-corrected chi connectivity index (χ4v) is 1.99. The third-order valence-corrected chi connectivity index (χ3v) is 3.34. The van der Waals surface area contributed by atoms with Crippen LogP contribution in [0.15, 0.2) is 0 Å². The summed E-state index contributed by atoms with van der Waals surface area (Å²) in [7, 11) is 1.88. The Morgan fingerprint density at radius 2 is 2.18 bits per heavy atom. The third-order valence-electron chi connectivity index (χ3n) is 3.34. The van der Waals surface area contributed by atoms with Crippen LogP contribution in [-0.4, -0.2) is 49.7 Å². The number of likely N-dealkylation sites (N-methyl/N-ethyl adjacent to an activating group) is 1. The lowest BCUT2D eigenvalue weighted by Gasteiger charge is -2.26. The van der Waals surface area contributed by atoms with Gasteiger partial charge in [0, 0.05) is 26.2 Å². The van der Waals surface area contributed by atoms with Crippen molar-refractivity contribution in [2.24, 2.45) is 5.92 Å². The summed E-state index contributed by atoms with van der Waals surface area (Å²) in [5.41, 5.74) is 0. The van der Waals surface area contributed by atoms with Gasteiger partial charge in [0.1, 0.15) is 6.10 Å². The Kier molecular flexibility index (Phi) is 5.92. The highest BCUT2D eigenvalue weighted by Crippen LogP contribution is 2.10.